The third-order valence-corrected chi connectivity index (χ3v) is 7.00. The van der Waals surface area contributed by atoms with Crippen LogP contribution in [0.25, 0.3) is 22.0 Å². The molecule has 0 aliphatic heterocycles. The predicted octanol–water partition coefficient (Wildman–Crippen LogP) is 6.78. The van der Waals surface area contributed by atoms with E-state index in [2.05, 4.69) is 71.0 Å². The van der Waals surface area contributed by atoms with E-state index < -0.39 is 5.91 Å². The third-order valence-electron chi connectivity index (χ3n) is 7.00. The van der Waals surface area contributed by atoms with Crippen LogP contribution < -0.4 is 15.8 Å². The number of carbonyl (C=O) groups excluding carboxylic acids is 2. The number of anilines is 2. The molecule has 1 aromatic heterocycles. The van der Waals surface area contributed by atoms with Crippen molar-refractivity contribution < 1.29 is 14.3 Å². The molecule has 0 radical (unpaired) electrons. The number of pyridine rings is 1. The lowest BCUT2D eigenvalue weighted by Gasteiger charge is -2.16. The summed E-state index contributed by atoms with van der Waals surface area (Å²) in [5.41, 5.74) is 15.0. The monoisotopic (exact) mass is 529 g/mol. The number of primary amides is 1. The van der Waals surface area contributed by atoms with Gasteiger partial charge < -0.3 is 20.6 Å². The highest BCUT2D eigenvalue weighted by atomic mass is 16.5. The fourth-order valence-electron chi connectivity index (χ4n) is 5.01. The van der Waals surface area contributed by atoms with Crippen LogP contribution in [0.5, 0.6) is 5.75 Å². The topological polar surface area (TPSA) is 94.3 Å². The lowest BCUT2D eigenvalue weighted by molar-refractivity contribution is -0.107. The first-order valence-electron chi connectivity index (χ1n) is 13.2. The van der Waals surface area contributed by atoms with Crippen molar-refractivity contribution in [3.63, 3.8) is 0 Å². The number of carbonyl (C=O) groups is 2. The van der Waals surface area contributed by atoms with Gasteiger partial charge in [0.05, 0.1) is 23.9 Å². The average molecular weight is 530 g/mol. The number of aryl methyl sites for hydroxylation is 2. The van der Waals surface area contributed by atoms with E-state index in [4.69, 9.17) is 10.5 Å². The van der Waals surface area contributed by atoms with Crippen LogP contribution in [-0.4, -0.2) is 24.3 Å². The zero-order valence-corrected chi connectivity index (χ0v) is 22.6. The molecule has 1 amide bonds. The van der Waals surface area contributed by atoms with Gasteiger partial charge in [-0.25, -0.2) is 0 Å². The van der Waals surface area contributed by atoms with Gasteiger partial charge in [-0.3, -0.25) is 9.78 Å². The van der Waals surface area contributed by atoms with E-state index in [1.54, 1.807) is 7.11 Å². The van der Waals surface area contributed by atoms with Crippen LogP contribution in [0.2, 0.25) is 0 Å². The van der Waals surface area contributed by atoms with Crippen molar-refractivity contribution in [2.45, 2.75) is 26.2 Å². The number of hydrogen-bond acceptors (Lipinski definition) is 5. The molecule has 4 aromatic carbocycles. The molecule has 0 aliphatic carbocycles. The molecule has 0 bridgehead atoms. The molecule has 0 aliphatic rings. The summed E-state index contributed by atoms with van der Waals surface area (Å²) < 4.78 is 5.37. The Hall–Kier alpha value is -4.97. The number of fused-ring (bicyclic) bond motifs is 1. The molecule has 5 rings (SSSR count). The Morgan fingerprint density at radius 2 is 1.73 bits per heavy atom. The number of aromatic nitrogens is 1. The van der Waals surface area contributed by atoms with Crippen molar-refractivity contribution in [2.24, 2.45) is 5.73 Å². The molecule has 1 heterocycles. The van der Waals surface area contributed by atoms with E-state index in [-0.39, 0.29) is 0 Å². The summed E-state index contributed by atoms with van der Waals surface area (Å²) in [6, 6.07) is 28.6. The summed E-state index contributed by atoms with van der Waals surface area (Å²) in [5, 5.41) is 4.23. The first-order chi connectivity index (χ1) is 19.4. The number of nitrogens with zero attached hydrogens (tertiary/aromatic N) is 1. The number of benzene rings is 4. The van der Waals surface area contributed by atoms with Crippen molar-refractivity contribution in [3.05, 3.63) is 119 Å². The summed E-state index contributed by atoms with van der Waals surface area (Å²) >= 11 is 0. The van der Waals surface area contributed by atoms with Gasteiger partial charge in [-0.1, -0.05) is 60.7 Å². The Bertz CT molecular complexity index is 1690. The summed E-state index contributed by atoms with van der Waals surface area (Å²) in [4.78, 5) is 27.7. The molecule has 6 nitrogen and oxygen atoms in total. The van der Waals surface area contributed by atoms with Crippen LogP contribution in [0.1, 0.15) is 39.0 Å². The Balaban J connectivity index is 1.50. The van der Waals surface area contributed by atoms with Crippen molar-refractivity contribution >= 4 is 34.5 Å². The Labute approximate surface area is 233 Å². The van der Waals surface area contributed by atoms with E-state index in [1.807, 2.05) is 31.2 Å². The zero-order chi connectivity index (χ0) is 28.1. The molecular weight excluding hydrogens is 498 g/mol. The molecule has 0 saturated carbocycles. The Kier molecular flexibility index (Phi) is 7.87. The van der Waals surface area contributed by atoms with Crippen molar-refractivity contribution in [1.29, 1.82) is 0 Å². The van der Waals surface area contributed by atoms with Gasteiger partial charge in [-0.15, -0.1) is 0 Å². The van der Waals surface area contributed by atoms with E-state index in [0.29, 0.717) is 29.8 Å². The van der Waals surface area contributed by atoms with E-state index in [0.717, 1.165) is 57.1 Å². The molecule has 0 unspecified atom stereocenters. The number of ether oxygens (including phenoxy) is 1. The maximum atomic E-state index is 12.4. The molecule has 0 saturated heterocycles. The standard InChI is InChI=1S/C34H31N3O3/c1-22-16-25(17-24-6-3-8-27(18-24)26-13-11-23(12-14-26)7-5-15-38)19-30-32(22)36-21-31(34(35)39)33(30)37-28-9-4-10-29(20-28)40-2/h3-4,6,8-16,18-21H,5,7,17H2,1-2H3,(H2,35,39)(H,36,37). The van der Waals surface area contributed by atoms with Crippen molar-refractivity contribution in [2.75, 3.05) is 12.4 Å². The van der Waals surface area contributed by atoms with Crippen LogP contribution in [0, 0.1) is 6.92 Å². The minimum atomic E-state index is -0.548. The number of aldehydes is 1. The van der Waals surface area contributed by atoms with Crippen LogP contribution in [-0.2, 0) is 17.6 Å². The van der Waals surface area contributed by atoms with Crippen LogP contribution in [0.4, 0.5) is 11.4 Å². The fourth-order valence-corrected chi connectivity index (χ4v) is 5.01. The molecule has 0 fully saturated rings. The zero-order valence-electron chi connectivity index (χ0n) is 22.6. The second kappa shape index (κ2) is 11.8. The number of nitrogens with two attached hydrogens (primary N) is 1. The van der Waals surface area contributed by atoms with E-state index >= 15 is 0 Å². The fraction of sp³-hybridized carbons (Fsp3) is 0.147. The number of nitrogens with one attached hydrogen (secondary N) is 1. The number of amides is 1. The number of rotatable bonds is 10. The molecular formula is C34H31N3O3. The first-order valence-corrected chi connectivity index (χ1v) is 13.2. The first kappa shape index (κ1) is 26.6. The van der Waals surface area contributed by atoms with Crippen LogP contribution in [0.15, 0.2) is 91.1 Å². The second-order valence-corrected chi connectivity index (χ2v) is 9.86. The van der Waals surface area contributed by atoms with E-state index in [1.165, 1.54) is 11.8 Å². The van der Waals surface area contributed by atoms with Gasteiger partial charge in [0.1, 0.15) is 12.0 Å². The average Bonchev–Trinajstić information content (AvgIpc) is 2.97. The van der Waals surface area contributed by atoms with Gasteiger partial charge in [-0.2, -0.15) is 0 Å². The molecule has 5 aromatic rings. The Morgan fingerprint density at radius 3 is 2.48 bits per heavy atom. The van der Waals surface area contributed by atoms with Gasteiger partial charge in [0.2, 0.25) is 0 Å². The van der Waals surface area contributed by atoms with Gasteiger partial charge in [-0.05, 0) is 71.3 Å². The summed E-state index contributed by atoms with van der Waals surface area (Å²) in [5.74, 6) is 0.157. The van der Waals surface area contributed by atoms with E-state index in [9.17, 15) is 9.59 Å². The lowest BCUT2D eigenvalue weighted by atomic mass is 9.95. The maximum absolute atomic E-state index is 12.4. The molecule has 0 spiro atoms. The largest absolute Gasteiger partial charge is 0.497 e. The van der Waals surface area contributed by atoms with Crippen LogP contribution >= 0.6 is 0 Å². The number of methoxy groups -OCH3 is 1. The highest BCUT2D eigenvalue weighted by Gasteiger charge is 2.16. The third kappa shape index (κ3) is 5.86. The summed E-state index contributed by atoms with van der Waals surface area (Å²) in [7, 11) is 1.62. The van der Waals surface area contributed by atoms with Crippen molar-refractivity contribution in [1.82, 2.24) is 4.98 Å². The SMILES string of the molecule is COc1cccc(Nc2c(C(N)=O)cnc3c(C)cc(Cc4cccc(-c5ccc(CCC=O)cc5)c4)cc23)c1. The molecule has 3 N–H and O–H groups in total. The number of hydrogen-bond donors (Lipinski definition) is 2. The highest BCUT2D eigenvalue weighted by Crippen LogP contribution is 2.33. The molecule has 6 heteroatoms. The smallest absolute Gasteiger partial charge is 0.252 e. The molecule has 40 heavy (non-hydrogen) atoms. The minimum Gasteiger partial charge on any atom is -0.497 e. The molecule has 0 atom stereocenters. The normalized spacial score (nSPS) is 10.8. The minimum absolute atomic E-state index is 0.324. The van der Waals surface area contributed by atoms with Gasteiger partial charge in [0.15, 0.2) is 0 Å². The lowest BCUT2D eigenvalue weighted by Crippen LogP contribution is -2.14. The highest BCUT2D eigenvalue weighted by molar-refractivity contribution is 6.08. The van der Waals surface area contributed by atoms with Crippen molar-refractivity contribution in [3.8, 4) is 16.9 Å². The Morgan fingerprint density at radius 1 is 0.925 bits per heavy atom. The predicted molar refractivity (Wildman–Crippen MR) is 160 cm³/mol. The van der Waals surface area contributed by atoms with Gasteiger partial charge >= 0.3 is 0 Å². The quantitative estimate of drug-likeness (QED) is 0.194. The maximum Gasteiger partial charge on any atom is 0.252 e. The second-order valence-electron chi connectivity index (χ2n) is 9.86. The van der Waals surface area contributed by atoms with Gasteiger partial charge in [0, 0.05) is 29.8 Å². The van der Waals surface area contributed by atoms with Gasteiger partial charge in [0.25, 0.3) is 5.91 Å². The molecule has 200 valence electrons. The summed E-state index contributed by atoms with van der Waals surface area (Å²) in [6.45, 7) is 2.03. The van der Waals surface area contributed by atoms with Crippen LogP contribution in [0.3, 0.4) is 0 Å². The summed E-state index contributed by atoms with van der Waals surface area (Å²) in [6.07, 6.45) is 4.49.